The Bertz CT molecular complexity index is 837. The normalized spacial score (nSPS) is 11.1. The molecule has 0 bridgehead atoms. The summed E-state index contributed by atoms with van der Waals surface area (Å²) >= 11 is 0. The quantitative estimate of drug-likeness (QED) is 0.869. The van der Waals surface area contributed by atoms with Crippen LogP contribution >= 0.6 is 0 Å². The van der Waals surface area contributed by atoms with Crippen LogP contribution in [0.3, 0.4) is 0 Å². The Morgan fingerprint density at radius 2 is 1.88 bits per heavy atom. The number of nitrogens with one attached hydrogen (secondary N) is 1. The van der Waals surface area contributed by atoms with Crippen LogP contribution in [0.5, 0.6) is 0 Å². The van der Waals surface area contributed by atoms with Gasteiger partial charge in [0.05, 0.1) is 11.9 Å². The smallest absolute Gasteiger partial charge is 0.241 e. The van der Waals surface area contributed by atoms with Gasteiger partial charge in [0.25, 0.3) is 0 Å². The van der Waals surface area contributed by atoms with Crippen LogP contribution in [0.25, 0.3) is 0 Å². The highest BCUT2D eigenvalue weighted by Gasteiger charge is 2.21. The second-order valence-corrected chi connectivity index (χ2v) is 7.42. The van der Waals surface area contributed by atoms with Gasteiger partial charge < -0.3 is 5.32 Å². The Hall–Kier alpha value is -2.41. The third-order valence-corrected chi connectivity index (χ3v) is 4.50. The summed E-state index contributed by atoms with van der Waals surface area (Å²) in [4.78, 5) is 12.1. The number of hydrogen-bond acceptors (Lipinski definition) is 3. The van der Waals surface area contributed by atoms with E-state index in [0.717, 1.165) is 27.8 Å². The molecule has 2 rings (SSSR count). The molecule has 0 heterocycles. The molecular formula is C17H19FN2O3S. The number of carbonyl (C=O) groups is 1. The van der Waals surface area contributed by atoms with Crippen molar-refractivity contribution in [1.82, 2.24) is 5.32 Å². The van der Waals surface area contributed by atoms with Gasteiger partial charge in [0.1, 0.15) is 12.4 Å². The molecule has 0 aliphatic carbocycles. The van der Waals surface area contributed by atoms with Crippen LogP contribution in [-0.4, -0.2) is 27.1 Å². The number of amides is 1. The molecule has 128 valence electrons. The van der Waals surface area contributed by atoms with E-state index in [9.17, 15) is 17.6 Å². The van der Waals surface area contributed by atoms with Crippen molar-refractivity contribution in [2.24, 2.45) is 0 Å². The molecule has 0 aromatic heterocycles. The second kappa shape index (κ2) is 7.44. The third-order valence-electron chi connectivity index (χ3n) is 3.36. The van der Waals surface area contributed by atoms with Gasteiger partial charge in [-0.25, -0.2) is 12.8 Å². The van der Waals surface area contributed by atoms with E-state index in [1.54, 1.807) is 0 Å². The van der Waals surface area contributed by atoms with Gasteiger partial charge in [-0.3, -0.25) is 9.10 Å². The van der Waals surface area contributed by atoms with Crippen molar-refractivity contribution in [3.05, 3.63) is 65.5 Å². The zero-order chi connectivity index (χ0) is 17.7. The molecule has 0 aliphatic heterocycles. The maximum absolute atomic E-state index is 13.3. The highest BCUT2D eigenvalue weighted by Crippen LogP contribution is 2.18. The van der Waals surface area contributed by atoms with E-state index in [-0.39, 0.29) is 5.69 Å². The predicted octanol–water partition coefficient (Wildman–Crippen LogP) is 2.22. The molecule has 5 nitrogen and oxygen atoms in total. The number of rotatable bonds is 6. The summed E-state index contributed by atoms with van der Waals surface area (Å²) in [6.07, 6.45) is 0.978. The molecule has 24 heavy (non-hydrogen) atoms. The lowest BCUT2D eigenvalue weighted by atomic mass is 10.1. The number of nitrogens with zero attached hydrogens (tertiary/aromatic N) is 1. The minimum Gasteiger partial charge on any atom is -0.350 e. The number of halogens is 1. The Labute approximate surface area is 141 Å². The van der Waals surface area contributed by atoms with Crippen molar-refractivity contribution in [2.75, 3.05) is 17.1 Å². The largest absolute Gasteiger partial charge is 0.350 e. The van der Waals surface area contributed by atoms with E-state index in [0.29, 0.717) is 6.54 Å². The number of hydrogen-bond donors (Lipinski definition) is 1. The summed E-state index contributed by atoms with van der Waals surface area (Å²) in [7, 11) is -3.71. The fourth-order valence-corrected chi connectivity index (χ4v) is 3.09. The van der Waals surface area contributed by atoms with Gasteiger partial charge in [-0.2, -0.15) is 0 Å². The molecule has 2 aromatic rings. The molecule has 1 N–H and O–H groups in total. The fraction of sp³-hybridized carbons (Fsp3) is 0.235. The zero-order valence-corrected chi connectivity index (χ0v) is 14.3. The summed E-state index contributed by atoms with van der Waals surface area (Å²) in [5, 5.41) is 2.67. The van der Waals surface area contributed by atoms with Crippen LogP contribution in [0.15, 0.2) is 48.5 Å². The van der Waals surface area contributed by atoms with E-state index in [4.69, 9.17) is 0 Å². The minimum atomic E-state index is -3.71. The first-order chi connectivity index (χ1) is 11.3. The maximum Gasteiger partial charge on any atom is 0.241 e. The molecule has 2 aromatic carbocycles. The van der Waals surface area contributed by atoms with Crippen LogP contribution in [0.2, 0.25) is 0 Å². The van der Waals surface area contributed by atoms with Gasteiger partial charge in [0.2, 0.25) is 15.9 Å². The van der Waals surface area contributed by atoms with Gasteiger partial charge in [0, 0.05) is 6.54 Å². The second-order valence-electron chi connectivity index (χ2n) is 5.52. The fourth-order valence-electron chi connectivity index (χ4n) is 2.24. The molecule has 0 aliphatic rings. The Kier molecular flexibility index (Phi) is 5.56. The monoisotopic (exact) mass is 350 g/mol. The molecule has 0 spiro atoms. The molecule has 0 atom stereocenters. The summed E-state index contributed by atoms with van der Waals surface area (Å²) < 4.78 is 38.1. The van der Waals surface area contributed by atoms with Crippen molar-refractivity contribution in [3.8, 4) is 0 Å². The summed E-state index contributed by atoms with van der Waals surface area (Å²) in [5.41, 5.74) is 2.10. The zero-order valence-electron chi connectivity index (χ0n) is 13.5. The lowest BCUT2D eigenvalue weighted by Gasteiger charge is -2.22. The van der Waals surface area contributed by atoms with Gasteiger partial charge >= 0.3 is 0 Å². The highest BCUT2D eigenvalue weighted by atomic mass is 32.2. The number of benzene rings is 2. The maximum atomic E-state index is 13.3. The van der Waals surface area contributed by atoms with Crippen molar-refractivity contribution < 1.29 is 17.6 Å². The number of anilines is 1. The highest BCUT2D eigenvalue weighted by molar-refractivity contribution is 7.92. The van der Waals surface area contributed by atoms with E-state index in [1.807, 2.05) is 31.2 Å². The predicted molar refractivity (Wildman–Crippen MR) is 91.6 cm³/mol. The topological polar surface area (TPSA) is 66.5 Å². The Morgan fingerprint density at radius 3 is 2.50 bits per heavy atom. The first-order valence-electron chi connectivity index (χ1n) is 7.31. The number of aryl methyl sites for hydroxylation is 1. The Morgan fingerprint density at radius 1 is 1.17 bits per heavy atom. The van der Waals surface area contributed by atoms with E-state index in [2.05, 4.69) is 5.32 Å². The standard InChI is InChI=1S/C17H19FN2O3S/c1-13-5-3-6-14(9-13)11-19-17(21)12-20(24(2,22)23)16-8-4-7-15(18)10-16/h3-10H,11-12H2,1-2H3,(H,19,21). The molecule has 7 heteroatoms. The van der Waals surface area contributed by atoms with Gasteiger partial charge in [-0.05, 0) is 30.7 Å². The summed E-state index contributed by atoms with van der Waals surface area (Å²) in [5.74, 6) is -1.03. The molecular weight excluding hydrogens is 331 g/mol. The van der Waals surface area contributed by atoms with Crippen LogP contribution in [-0.2, 0) is 21.4 Å². The van der Waals surface area contributed by atoms with E-state index >= 15 is 0 Å². The third kappa shape index (κ3) is 5.06. The molecule has 0 radical (unpaired) electrons. The van der Waals surface area contributed by atoms with Crippen LogP contribution in [0.1, 0.15) is 11.1 Å². The van der Waals surface area contributed by atoms with E-state index in [1.165, 1.54) is 18.2 Å². The molecule has 1 amide bonds. The Balaban J connectivity index is 2.08. The SMILES string of the molecule is Cc1cccc(CNC(=O)CN(c2cccc(F)c2)S(C)(=O)=O)c1. The molecule has 0 saturated carbocycles. The number of carbonyl (C=O) groups excluding carboxylic acids is 1. The van der Waals surface area contributed by atoms with Crippen molar-refractivity contribution in [1.29, 1.82) is 0 Å². The number of sulfonamides is 1. The van der Waals surface area contributed by atoms with Gasteiger partial charge in [0.15, 0.2) is 0 Å². The van der Waals surface area contributed by atoms with Crippen LogP contribution < -0.4 is 9.62 Å². The summed E-state index contributed by atoms with van der Waals surface area (Å²) in [6.45, 7) is 1.83. The van der Waals surface area contributed by atoms with Crippen LogP contribution in [0, 0.1) is 12.7 Å². The first kappa shape index (κ1) is 17.9. The van der Waals surface area contributed by atoms with Crippen LogP contribution in [0.4, 0.5) is 10.1 Å². The molecule has 0 fully saturated rings. The van der Waals surface area contributed by atoms with Crippen molar-refractivity contribution >= 4 is 21.6 Å². The average Bonchev–Trinajstić information content (AvgIpc) is 2.49. The first-order valence-corrected chi connectivity index (χ1v) is 9.16. The van der Waals surface area contributed by atoms with Crippen molar-refractivity contribution in [2.45, 2.75) is 13.5 Å². The minimum absolute atomic E-state index is 0.114. The molecule has 0 saturated heterocycles. The molecule has 0 unspecified atom stereocenters. The lowest BCUT2D eigenvalue weighted by Crippen LogP contribution is -2.40. The average molecular weight is 350 g/mol. The van der Waals surface area contributed by atoms with E-state index < -0.39 is 28.3 Å². The van der Waals surface area contributed by atoms with Crippen molar-refractivity contribution in [3.63, 3.8) is 0 Å². The summed E-state index contributed by atoms with van der Waals surface area (Å²) in [6, 6.07) is 12.8. The lowest BCUT2D eigenvalue weighted by molar-refractivity contribution is -0.119. The van der Waals surface area contributed by atoms with Gasteiger partial charge in [-0.15, -0.1) is 0 Å². The van der Waals surface area contributed by atoms with Gasteiger partial charge in [-0.1, -0.05) is 35.9 Å².